The molecule has 0 saturated carbocycles. The van der Waals surface area contributed by atoms with Crippen LogP contribution in [0.4, 0.5) is 0 Å². The van der Waals surface area contributed by atoms with Crippen LogP contribution in [0, 0.1) is 0 Å². The minimum Gasteiger partial charge on any atom is -0.253 e. The first-order chi connectivity index (χ1) is 5.79. The molecule has 0 aliphatic rings. The molecule has 60 valence electrons. The van der Waals surface area contributed by atoms with Crippen LogP contribution in [0.3, 0.4) is 0 Å². The lowest BCUT2D eigenvalue weighted by Crippen LogP contribution is -1.82. The maximum atomic E-state index is 5.89. The minimum absolute atomic E-state index is 0.460. The van der Waals surface area contributed by atoms with E-state index >= 15 is 0 Å². The summed E-state index contributed by atoms with van der Waals surface area (Å²) in [5.74, 6) is 0. The van der Waals surface area contributed by atoms with Gasteiger partial charge >= 0.3 is 0 Å². The van der Waals surface area contributed by atoms with Gasteiger partial charge in [-0.3, -0.25) is 9.97 Å². The van der Waals surface area contributed by atoms with Gasteiger partial charge in [0.05, 0.1) is 15.6 Å². The van der Waals surface area contributed by atoms with Gasteiger partial charge in [0.15, 0.2) is 0 Å². The number of halogens is 2. The van der Waals surface area contributed by atoms with Gasteiger partial charge < -0.3 is 0 Å². The van der Waals surface area contributed by atoms with Crippen molar-refractivity contribution < 1.29 is 0 Å². The van der Waals surface area contributed by atoms with Crippen LogP contribution in [0.25, 0.3) is 11.0 Å². The molecule has 0 saturated heterocycles. The lowest BCUT2D eigenvalue weighted by Gasteiger charge is -1.98. The summed E-state index contributed by atoms with van der Waals surface area (Å²) in [5.41, 5.74) is 1.40. The zero-order valence-corrected chi connectivity index (χ0v) is 7.47. The molecule has 0 N–H and O–H groups in total. The third-order valence-electron chi connectivity index (χ3n) is 1.53. The van der Waals surface area contributed by atoms with Gasteiger partial charge in [-0.05, 0) is 12.1 Å². The Labute approximate surface area is 79.2 Å². The molecule has 0 fully saturated rings. The van der Waals surface area contributed by atoms with E-state index in [1.807, 2.05) is 0 Å². The summed E-state index contributed by atoms with van der Waals surface area (Å²) >= 11 is 11.7. The van der Waals surface area contributed by atoms with Crippen molar-refractivity contribution in [3.8, 4) is 0 Å². The van der Waals surface area contributed by atoms with E-state index in [2.05, 4.69) is 9.97 Å². The molecule has 0 aliphatic carbocycles. The molecule has 2 aromatic rings. The highest BCUT2D eigenvalue weighted by atomic mass is 35.5. The molecule has 0 aliphatic heterocycles. The Balaban J connectivity index is 2.91. The predicted molar refractivity (Wildman–Crippen MR) is 49.6 cm³/mol. The van der Waals surface area contributed by atoms with Gasteiger partial charge in [-0.1, -0.05) is 23.2 Å². The van der Waals surface area contributed by atoms with E-state index in [1.54, 1.807) is 24.5 Å². The molecule has 4 heteroatoms. The smallest absolute Gasteiger partial charge is 0.109 e. The topological polar surface area (TPSA) is 25.8 Å². The molecule has 0 bridgehead atoms. The summed E-state index contributed by atoms with van der Waals surface area (Å²) in [6, 6.07) is 3.50. The van der Waals surface area contributed by atoms with E-state index < -0.39 is 0 Å². The number of fused-ring (bicyclic) bond motifs is 1. The van der Waals surface area contributed by atoms with Crippen LogP contribution in [-0.2, 0) is 0 Å². The zero-order chi connectivity index (χ0) is 8.55. The van der Waals surface area contributed by atoms with Crippen LogP contribution < -0.4 is 0 Å². The van der Waals surface area contributed by atoms with E-state index in [4.69, 9.17) is 23.2 Å². The maximum Gasteiger partial charge on any atom is 0.109 e. The zero-order valence-electron chi connectivity index (χ0n) is 5.96. The molecular formula is C8H4Cl2N2. The number of benzene rings is 1. The third kappa shape index (κ3) is 1.13. The number of rotatable bonds is 0. The number of nitrogens with zero attached hydrogens (tertiary/aromatic N) is 2. The summed E-state index contributed by atoms with van der Waals surface area (Å²) in [6.45, 7) is 0. The molecular weight excluding hydrogens is 195 g/mol. The van der Waals surface area contributed by atoms with Crippen LogP contribution in [-0.4, -0.2) is 9.97 Å². The SMILES string of the molecule is Clc1ccc2nccnc2c1Cl. The molecule has 0 atom stereocenters. The second-order valence-corrected chi connectivity index (χ2v) is 3.07. The fourth-order valence-electron chi connectivity index (χ4n) is 0.978. The highest BCUT2D eigenvalue weighted by Gasteiger charge is 2.03. The molecule has 0 spiro atoms. The molecule has 1 aromatic heterocycles. The van der Waals surface area contributed by atoms with Crippen molar-refractivity contribution in [2.24, 2.45) is 0 Å². The highest BCUT2D eigenvalue weighted by molar-refractivity contribution is 6.44. The highest BCUT2D eigenvalue weighted by Crippen LogP contribution is 2.27. The number of hydrogen-bond acceptors (Lipinski definition) is 2. The van der Waals surface area contributed by atoms with Crippen LogP contribution >= 0.6 is 23.2 Å². The molecule has 0 radical (unpaired) electrons. The van der Waals surface area contributed by atoms with Gasteiger partial charge in [0.25, 0.3) is 0 Å². The van der Waals surface area contributed by atoms with Crippen molar-refractivity contribution in [3.63, 3.8) is 0 Å². The van der Waals surface area contributed by atoms with E-state index in [0.717, 1.165) is 5.52 Å². The van der Waals surface area contributed by atoms with Crippen LogP contribution in [0.5, 0.6) is 0 Å². The van der Waals surface area contributed by atoms with Gasteiger partial charge in [0.1, 0.15) is 5.52 Å². The second-order valence-electron chi connectivity index (χ2n) is 2.29. The first-order valence-electron chi connectivity index (χ1n) is 3.34. The first-order valence-corrected chi connectivity index (χ1v) is 4.09. The molecule has 1 aromatic carbocycles. The Bertz CT molecular complexity index is 428. The van der Waals surface area contributed by atoms with Crippen molar-refractivity contribution in [3.05, 3.63) is 34.6 Å². The summed E-state index contributed by atoms with van der Waals surface area (Å²) in [4.78, 5) is 8.14. The Morgan fingerprint density at radius 2 is 1.75 bits per heavy atom. The summed E-state index contributed by atoms with van der Waals surface area (Å²) < 4.78 is 0. The van der Waals surface area contributed by atoms with Crippen molar-refractivity contribution in [1.29, 1.82) is 0 Å². The third-order valence-corrected chi connectivity index (χ3v) is 2.33. The first kappa shape index (κ1) is 7.77. The normalized spacial score (nSPS) is 10.5. The van der Waals surface area contributed by atoms with Crippen LogP contribution in [0.15, 0.2) is 24.5 Å². The van der Waals surface area contributed by atoms with Gasteiger partial charge in [0.2, 0.25) is 0 Å². The molecule has 0 amide bonds. The summed E-state index contributed by atoms with van der Waals surface area (Å²) in [5, 5.41) is 0.965. The lowest BCUT2D eigenvalue weighted by molar-refractivity contribution is 1.29. The Kier molecular flexibility index (Phi) is 1.87. The van der Waals surface area contributed by atoms with E-state index in [-0.39, 0.29) is 0 Å². The average Bonchev–Trinajstić information content (AvgIpc) is 2.12. The van der Waals surface area contributed by atoms with Crippen LogP contribution in [0.2, 0.25) is 10.0 Å². The Morgan fingerprint density at radius 1 is 1.00 bits per heavy atom. The number of hydrogen-bond donors (Lipinski definition) is 0. The van der Waals surface area contributed by atoms with E-state index in [1.165, 1.54) is 0 Å². The van der Waals surface area contributed by atoms with Crippen molar-refractivity contribution >= 4 is 34.2 Å². The minimum atomic E-state index is 0.460. The molecule has 12 heavy (non-hydrogen) atoms. The van der Waals surface area contributed by atoms with Crippen molar-refractivity contribution in [2.75, 3.05) is 0 Å². The number of aromatic nitrogens is 2. The van der Waals surface area contributed by atoms with Gasteiger partial charge in [-0.2, -0.15) is 0 Å². The lowest BCUT2D eigenvalue weighted by atomic mass is 10.3. The largest absolute Gasteiger partial charge is 0.253 e. The van der Waals surface area contributed by atoms with Gasteiger partial charge in [-0.15, -0.1) is 0 Å². The van der Waals surface area contributed by atoms with Crippen molar-refractivity contribution in [1.82, 2.24) is 9.97 Å². The van der Waals surface area contributed by atoms with Gasteiger partial charge in [-0.25, -0.2) is 0 Å². The monoisotopic (exact) mass is 198 g/mol. The molecule has 0 unspecified atom stereocenters. The maximum absolute atomic E-state index is 5.89. The fourth-order valence-corrected chi connectivity index (χ4v) is 1.34. The van der Waals surface area contributed by atoms with E-state index in [0.29, 0.717) is 15.6 Å². The van der Waals surface area contributed by atoms with Crippen LogP contribution in [0.1, 0.15) is 0 Å². The second kappa shape index (κ2) is 2.88. The predicted octanol–water partition coefficient (Wildman–Crippen LogP) is 2.94. The van der Waals surface area contributed by atoms with Crippen molar-refractivity contribution in [2.45, 2.75) is 0 Å². The summed E-state index contributed by atoms with van der Waals surface area (Å²) in [6.07, 6.45) is 3.21. The average molecular weight is 199 g/mol. The summed E-state index contributed by atoms with van der Waals surface area (Å²) in [7, 11) is 0. The standard InChI is InChI=1S/C8H4Cl2N2/c9-5-1-2-6-8(7(5)10)12-4-3-11-6/h1-4H. The van der Waals surface area contributed by atoms with Gasteiger partial charge in [0, 0.05) is 12.4 Å². The molecule has 1 heterocycles. The molecule has 2 rings (SSSR count). The van der Waals surface area contributed by atoms with E-state index in [9.17, 15) is 0 Å². The molecule has 2 nitrogen and oxygen atoms in total. The Hall–Kier alpha value is -0.860. The fraction of sp³-hybridized carbons (Fsp3) is 0. The quantitative estimate of drug-likeness (QED) is 0.651. The Morgan fingerprint density at radius 3 is 2.58 bits per heavy atom.